The molecule has 134 valence electrons. The molecule has 0 unspecified atom stereocenters. The minimum atomic E-state index is -0.182. The summed E-state index contributed by atoms with van der Waals surface area (Å²) in [5.74, 6) is 0.647. The second kappa shape index (κ2) is 6.52. The molecular weight excluding hydrogens is 324 g/mol. The first-order valence-corrected chi connectivity index (χ1v) is 9.18. The molecule has 0 bridgehead atoms. The van der Waals surface area contributed by atoms with Gasteiger partial charge in [0.1, 0.15) is 11.3 Å². The quantitative estimate of drug-likeness (QED) is 0.654. The van der Waals surface area contributed by atoms with E-state index < -0.39 is 0 Å². The maximum absolute atomic E-state index is 12.3. The van der Waals surface area contributed by atoms with Gasteiger partial charge in [-0.1, -0.05) is 18.2 Å². The third-order valence-corrected chi connectivity index (χ3v) is 5.08. The van der Waals surface area contributed by atoms with Crippen LogP contribution in [0.2, 0.25) is 0 Å². The van der Waals surface area contributed by atoms with Crippen molar-refractivity contribution in [2.45, 2.75) is 45.7 Å². The molecule has 3 aromatic rings. The highest BCUT2D eigenvalue weighted by Crippen LogP contribution is 2.38. The lowest BCUT2D eigenvalue weighted by atomic mass is 10.2. The number of hydrogen-bond donors (Lipinski definition) is 1. The normalized spacial score (nSPS) is 15.7. The molecule has 0 spiro atoms. The Morgan fingerprint density at radius 2 is 2.04 bits per heavy atom. The molecule has 1 amide bonds. The maximum atomic E-state index is 12.3. The van der Waals surface area contributed by atoms with E-state index in [1.54, 1.807) is 6.08 Å². The topological polar surface area (TPSA) is 47.2 Å². The zero-order chi connectivity index (χ0) is 18.3. The van der Waals surface area contributed by atoms with E-state index in [-0.39, 0.29) is 11.9 Å². The van der Waals surface area contributed by atoms with Crippen molar-refractivity contribution in [2.24, 2.45) is 0 Å². The molecule has 0 aliphatic heterocycles. The van der Waals surface area contributed by atoms with E-state index in [2.05, 4.69) is 29.8 Å². The van der Waals surface area contributed by atoms with Gasteiger partial charge in [0.05, 0.1) is 6.04 Å². The third kappa shape index (κ3) is 3.19. The zero-order valence-electron chi connectivity index (χ0n) is 15.5. The first-order chi connectivity index (χ1) is 12.5. The Bertz CT molecular complexity index is 956. The summed E-state index contributed by atoms with van der Waals surface area (Å²) in [6.07, 6.45) is 6.03. The first-order valence-electron chi connectivity index (χ1n) is 9.18. The number of aromatic nitrogens is 1. The summed E-state index contributed by atoms with van der Waals surface area (Å²) < 4.78 is 8.21. The van der Waals surface area contributed by atoms with E-state index in [0.717, 1.165) is 22.3 Å². The number of nitrogens with zero attached hydrogens (tertiary/aromatic N) is 1. The standard InChI is InChI=1S/C22H24N2O2/c1-14-12-17(16(3)24(14)19-9-10-19)8-11-22(25)23-15(2)21-13-18-6-4-5-7-20(18)26-21/h4-8,11-13,15,19H,9-10H2,1-3H3,(H,23,25)/b11-8+/t15-/m1/s1. The van der Waals surface area contributed by atoms with Crippen LogP contribution in [0.5, 0.6) is 0 Å². The number of amides is 1. The number of hydrogen-bond acceptors (Lipinski definition) is 2. The van der Waals surface area contributed by atoms with Gasteiger partial charge >= 0.3 is 0 Å². The maximum Gasteiger partial charge on any atom is 0.244 e. The minimum Gasteiger partial charge on any atom is -0.459 e. The molecule has 1 fully saturated rings. The number of rotatable bonds is 5. The van der Waals surface area contributed by atoms with Crippen molar-refractivity contribution in [1.82, 2.24) is 9.88 Å². The summed E-state index contributed by atoms with van der Waals surface area (Å²) in [6.45, 7) is 6.19. The van der Waals surface area contributed by atoms with Crippen LogP contribution in [0.15, 0.2) is 46.9 Å². The number of carbonyl (C=O) groups excluding carboxylic acids is 1. The molecule has 1 aromatic carbocycles. The molecule has 1 aliphatic rings. The van der Waals surface area contributed by atoms with Gasteiger partial charge in [0, 0.05) is 28.9 Å². The predicted molar refractivity (Wildman–Crippen MR) is 104 cm³/mol. The summed E-state index contributed by atoms with van der Waals surface area (Å²) >= 11 is 0. The second-order valence-corrected chi connectivity index (χ2v) is 7.18. The Morgan fingerprint density at radius 3 is 2.77 bits per heavy atom. The molecule has 0 saturated heterocycles. The lowest BCUT2D eigenvalue weighted by Gasteiger charge is -2.09. The molecule has 1 atom stereocenters. The van der Waals surface area contributed by atoms with Gasteiger partial charge in [-0.15, -0.1) is 0 Å². The van der Waals surface area contributed by atoms with Crippen molar-refractivity contribution in [1.29, 1.82) is 0 Å². The number of fused-ring (bicyclic) bond motifs is 1. The largest absolute Gasteiger partial charge is 0.459 e. The van der Waals surface area contributed by atoms with Crippen LogP contribution in [0.3, 0.4) is 0 Å². The van der Waals surface area contributed by atoms with E-state index in [4.69, 9.17) is 4.42 Å². The third-order valence-electron chi connectivity index (χ3n) is 5.08. The molecule has 0 radical (unpaired) electrons. The van der Waals surface area contributed by atoms with Crippen LogP contribution in [0.1, 0.15) is 54.6 Å². The molecule has 4 heteroatoms. The van der Waals surface area contributed by atoms with Gasteiger partial charge in [-0.3, -0.25) is 4.79 Å². The number of nitrogens with one attached hydrogen (secondary N) is 1. The Kier molecular flexibility index (Phi) is 4.19. The first kappa shape index (κ1) is 16.7. The van der Waals surface area contributed by atoms with Crippen LogP contribution in [0.25, 0.3) is 17.0 Å². The van der Waals surface area contributed by atoms with Crippen LogP contribution >= 0.6 is 0 Å². The van der Waals surface area contributed by atoms with Gasteiger partial charge < -0.3 is 14.3 Å². The fourth-order valence-corrected chi connectivity index (χ4v) is 3.58. The highest BCUT2D eigenvalue weighted by molar-refractivity contribution is 5.92. The molecular formula is C22H24N2O2. The Morgan fingerprint density at radius 1 is 1.27 bits per heavy atom. The average molecular weight is 348 g/mol. The van der Waals surface area contributed by atoms with Gasteiger partial charge in [0.25, 0.3) is 0 Å². The van der Waals surface area contributed by atoms with Crippen LogP contribution in [-0.4, -0.2) is 10.5 Å². The summed E-state index contributed by atoms with van der Waals surface area (Å²) in [5, 5.41) is 4.02. The van der Waals surface area contributed by atoms with Crippen LogP contribution in [-0.2, 0) is 4.79 Å². The monoisotopic (exact) mass is 348 g/mol. The number of aryl methyl sites for hydroxylation is 1. The second-order valence-electron chi connectivity index (χ2n) is 7.18. The highest BCUT2D eigenvalue weighted by Gasteiger charge is 2.26. The van der Waals surface area contributed by atoms with Crippen molar-refractivity contribution < 1.29 is 9.21 Å². The summed E-state index contributed by atoms with van der Waals surface area (Å²) in [5.41, 5.74) is 4.45. The van der Waals surface area contributed by atoms with E-state index in [1.807, 2.05) is 43.3 Å². The fourth-order valence-electron chi connectivity index (χ4n) is 3.58. The van der Waals surface area contributed by atoms with Gasteiger partial charge in [0.2, 0.25) is 5.91 Å². The smallest absolute Gasteiger partial charge is 0.244 e. The van der Waals surface area contributed by atoms with Gasteiger partial charge in [-0.25, -0.2) is 0 Å². The van der Waals surface area contributed by atoms with Crippen LogP contribution in [0.4, 0.5) is 0 Å². The molecule has 1 aliphatic carbocycles. The van der Waals surface area contributed by atoms with Crippen LogP contribution < -0.4 is 5.32 Å². The molecule has 4 rings (SSSR count). The number of furan rings is 1. The average Bonchev–Trinajstić information content (AvgIpc) is 3.27. The van der Waals surface area contributed by atoms with Gasteiger partial charge in [-0.2, -0.15) is 0 Å². The van der Waals surface area contributed by atoms with E-state index >= 15 is 0 Å². The van der Waals surface area contributed by atoms with Crippen molar-refractivity contribution in [3.05, 3.63) is 65.2 Å². The molecule has 1 saturated carbocycles. The van der Waals surface area contributed by atoms with E-state index in [1.165, 1.54) is 24.2 Å². The van der Waals surface area contributed by atoms with E-state index in [9.17, 15) is 4.79 Å². The van der Waals surface area contributed by atoms with Crippen LogP contribution in [0, 0.1) is 13.8 Å². The Balaban J connectivity index is 1.45. The summed E-state index contributed by atoms with van der Waals surface area (Å²) in [6, 6.07) is 12.5. The molecule has 2 heterocycles. The van der Waals surface area contributed by atoms with E-state index in [0.29, 0.717) is 6.04 Å². The fraction of sp³-hybridized carbons (Fsp3) is 0.318. The molecule has 2 aromatic heterocycles. The summed E-state index contributed by atoms with van der Waals surface area (Å²) in [7, 11) is 0. The summed E-state index contributed by atoms with van der Waals surface area (Å²) in [4.78, 5) is 12.3. The molecule has 1 N–H and O–H groups in total. The number of benzene rings is 1. The molecule has 26 heavy (non-hydrogen) atoms. The van der Waals surface area contributed by atoms with Gasteiger partial charge in [-0.05, 0) is 63.5 Å². The Labute approximate surface area is 153 Å². The molecule has 4 nitrogen and oxygen atoms in total. The SMILES string of the molecule is Cc1cc(/C=C/C(=O)N[C@H](C)c2cc3ccccc3o2)c(C)n1C1CC1. The Hall–Kier alpha value is -2.75. The van der Waals surface area contributed by atoms with Crippen molar-refractivity contribution >= 4 is 23.0 Å². The lowest BCUT2D eigenvalue weighted by Crippen LogP contribution is -2.24. The zero-order valence-corrected chi connectivity index (χ0v) is 15.5. The number of para-hydroxylation sites is 1. The van der Waals surface area contributed by atoms with Crippen molar-refractivity contribution in [3.63, 3.8) is 0 Å². The lowest BCUT2D eigenvalue weighted by molar-refractivity contribution is -0.117. The highest BCUT2D eigenvalue weighted by atomic mass is 16.3. The van der Waals surface area contributed by atoms with Gasteiger partial charge in [0.15, 0.2) is 0 Å². The van der Waals surface area contributed by atoms with Crippen molar-refractivity contribution in [3.8, 4) is 0 Å². The van der Waals surface area contributed by atoms with Crippen molar-refractivity contribution in [2.75, 3.05) is 0 Å². The number of carbonyl (C=O) groups is 1. The predicted octanol–water partition coefficient (Wildman–Crippen LogP) is 5.08. The minimum absolute atomic E-state index is 0.116.